The second-order valence-electron chi connectivity index (χ2n) is 5.29. The van der Waals surface area contributed by atoms with Gasteiger partial charge in [-0.25, -0.2) is 0 Å². The molecule has 2 amide bonds. The van der Waals surface area contributed by atoms with Crippen LogP contribution in [0.3, 0.4) is 0 Å². The number of aliphatic hydroxyl groups is 1. The molecule has 0 saturated heterocycles. The van der Waals surface area contributed by atoms with E-state index < -0.39 is 11.8 Å². The van der Waals surface area contributed by atoms with Crippen molar-refractivity contribution in [1.82, 2.24) is 10.6 Å². The van der Waals surface area contributed by atoms with Gasteiger partial charge in [-0.3, -0.25) is 9.59 Å². The summed E-state index contributed by atoms with van der Waals surface area (Å²) in [6.07, 6.45) is 1.32. The van der Waals surface area contributed by atoms with Crippen LogP contribution >= 0.6 is 0 Å². The van der Waals surface area contributed by atoms with Gasteiger partial charge in [0.1, 0.15) is 0 Å². The van der Waals surface area contributed by atoms with Gasteiger partial charge in [-0.2, -0.15) is 0 Å². The topological polar surface area (TPSA) is 78.4 Å². The summed E-state index contributed by atoms with van der Waals surface area (Å²) in [6.45, 7) is 4.11. The summed E-state index contributed by atoms with van der Waals surface area (Å²) < 4.78 is 0. The molecule has 1 atom stereocenters. The molecule has 0 radical (unpaired) electrons. The number of aliphatic hydroxyl groups excluding tert-OH is 1. The molecule has 1 aromatic rings. The maximum atomic E-state index is 11.6. The molecule has 3 N–H and O–H groups in total. The van der Waals surface area contributed by atoms with E-state index in [4.69, 9.17) is 5.11 Å². The number of rotatable bonds is 7. The average Bonchev–Trinajstić information content (AvgIpc) is 2.46. The summed E-state index contributed by atoms with van der Waals surface area (Å²) in [4.78, 5) is 23.0. The van der Waals surface area contributed by atoms with Crippen LogP contribution in [-0.2, 0) is 9.59 Å². The minimum Gasteiger partial charge on any atom is -0.396 e. The third kappa shape index (κ3) is 6.40. The van der Waals surface area contributed by atoms with E-state index >= 15 is 0 Å². The van der Waals surface area contributed by atoms with Gasteiger partial charge in [0.2, 0.25) is 0 Å². The molecule has 1 aromatic carbocycles. The van der Waals surface area contributed by atoms with E-state index in [1.807, 2.05) is 30.3 Å². The van der Waals surface area contributed by atoms with Gasteiger partial charge in [-0.15, -0.1) is 0 Å². The van der Waals surface area contributed by atoms with Crippen LogP contribution in [-0.4, -0.2) is 36.1 Å². The van der Waals surface area contributed by atoms with Crippen molar-refractivity contribution in [3.8, 4) is 0 Å². The quantitative estimate of drug-likeness (QED) is 0.660. The van der Waals surface area contributed by atoms with Crippen LogP contribution in [0.5, 0.6) is 0 Å². The van der Waals surface area contributed by atoms with Gasteiger partial charge in [-0.05, 0) is 38.2 Å². The highest BCUT2D eigenvalue weighted by molar-refractivity contribution is 6.35. The van der Waals surface area contributed by atoms with Crippen LogP contribution in [0.1, 0.15) is 38.2 Å². The van der Waals surface area contributed by atoms with Gasteiger partial charge in [0, 0.05) is 19.2 Å². The van der Waals surface area contributed by atoms with Crippen LogP contribution in [0.4, 0.5) is 0 Å². The molecule has 1 rings (SSSR count). The molecule has 116 valence electrons. The minimum atomic E-state index is -0.612. The number of carbonyl (C=O) groups is 2. The summed E-state index contributed by atoms with van der Waals surface area (Å²) >= 11 is 0. The fourth-order valence-electron chi connectivity index (χ4n) is 2.13. The lowest BCUT2D eigenvalue weighted by atomic mass is 9.93. The van der Waals surface area contributed by atoms with Crippen molar-refractivity contribution in [2.75, 3.05) is 13.2 Å². The lowest BCUT2D eigenvalue weighted by Crippen LogP contribution is -2.43. The first-order chi connectivity index (χ1) is 10.0. The Hall–Kier alpha value is -1.88. The zero-order valence-electron chi connectivity index (χ0n) is 12.6. The second-order valence-corrected chi connectivity index (χ2v) is 5.29. The van der Waals surface area contributed by atoms with Crippen molar-refractivity contribution in [3.63, 3.8) is 0 Å². The molecule has 0 aliphatic carbocycles. The molecule has 0 aliphatic rings. The van der Waals surface area contributed by atoms with E-state index in [0.29, 0.717) is 19.4 Å². The predicted octanol–water partition coefficient (Wildman–Crippen LogP) is 1.18. The summed E-state index contributed by atoms with van der Waals surface area (Å²) in [7, 11) is 0. The first-order valence-corrected chi connectivity index (χ1v) is 7.29. The number of benzene rings is 1. The van der Waals surface area contributed by atoms with Crippen molar-refractivity contribution in [2.45, 2.75) is 38.6 Å². The Morgan fingerprint density at radius 3 is 2.33 bits per heavy atom. The van der Waals surface area contributed by atoms with E-state index in [0.717, 1.165) is 5.56 Å². The first kappa shape index (κ1) is 17.2. The summed E-state index contributed by atoms with van der Waals surface area (Å²) in [6, 6.07) is 9.80. The van der Waals surface area contributed by atoms with Gasteiger partial charge in [0.05, 0.1) is 0 Å². The molecular weight excluding hydrogens is 268 g/mol. The molecule has 5 nitrogen and oxygen atoms in total. The van der Waals surface area contributed by atoms with Gasteiger partial charge in [-0.1, -0.05) is 30.3 Å². The van der Waals surface area contributed by atoms with E-state index in [1.54, 1.807) is 13.8 Å². The zero-order valence-corrected chi connectivity index (χ0v) is 12.6. The lowest BCUT2D eigenvalue weighted by Gasteiger charge is -2.16. The number of nitrogens with one attached hydrogen (secondary N) is 2. The first-order valence-electron chi connectivity index (χ1n) is 7.29. The summed E-state index contributed by atoms with van der Waals surface area (Å²) in [5, 5.41) is 14.3. The number of amides is 2. The molecule has 0 aliphatic heterocycles. The van der Waals surface area contributed by atoms with Crippen molar-refractivity contribution in [1.29, 1.82) is 0 Å². The molecule has 0 spiro atoms. The molecule has 21 heavy (non-hydrogen) atoms. The summed E-state index contributed by atoms with van der Waals surface area (Å²) in [5.74, 6) is -1.05. The van der Waals surface area contributed by atoms with Crippen molar-refractivity contribution in [3.05, 3.63) is 35.9 Å². The molecule has 0 saturated carbocycles. The van der Waals surface area contributed by atoms with Crippen molar-refractivity contribution < 1.29 is 14.7 Å². The van der Waals surface area contributed by atoms with Crippen LogP contribution in [0.25, 0.3) is 0 Å². The second kappa shape index (κ2) is 9.13. The highest BCUT2D eigenvalue weighted by Gasteiger charge is 2.15. The highest BCUT2D eigenvalue weighted by atomic mass is 16.3. The molecule has 0 fully saturated rings. The largest absolute Gasteiger partial charge is 0.396 e. The Kier molecular flexibility index (Phi) is 7.46. The standard InChI is InChI=1S/C16H24N2O3/c1-12(2)18-16(21)15(20)17-10-8-14(9-11-19)13-6-4-3-5-7-13/h3-7,12,14,19H,8-11H2,1-2H3,(H,17,20)(H,18,21). The fourth-order valence-corrected chi connectivity index (χ4v) is 2.13. The van der Waals surface area contributed by atoms with Crippen LogP contribution < -0.4 is 10.6 Å². The number of carbonyl (C=O) groups excluding carboxylic acids is 2. The van der Waals surface area contributed by atoms with Gasteiger partial charge >= 0.3 is 11.8 Å². The maximum absolute atomic E-state index is 11.6. The molecule has 0 heterocycles. The van der Waals surface area contributed by atoms with E-state index in [9.17, 15) is 9.59 Å². The number of hydrogen-bond donors (Lipinski definition) is 3. The van der Waals surface area contributed by atoms with Crippen molar-refractivity contribution >= 4 is 11.8 Å². The summed E-state index contributed by atoms with van der Waals surface area (Å²) in [5.41, 5.74) is 1.13. The SMILES string of the molecule is CC(C)NC(=O)C(=O)NCCC(CCO)c1ccccc1. The van der Waals surface area contributed by atoms with Crippen LogP contribution in [0.15, 0.2) is 30.3 Å². The Bertz CT molecular complexity index is 446. The van der Waals surface area contributed by atoms with Crippen LogP contribution in [0, 0.1) is 0 Å². The monoisotopic (exact) mass is 292 g/mol. The zero-order chi connectivity index (χ0) is 15.7. The van der Waals surface area contributed by atoms with E-state index in [2.05, 4.69) is 10.6 Å². The Balaban J connectivity index is 2.44. The molecule has 5 heteroatoms. The van der Waals surface area contributed by atoms with E-state index in [-0.39, 0.29) is 18.6 Å². The predicted molar refractivity (Wildman–Crippen MR) is 81.8 cm³/mol. The molecule has 1 unspecified atom stereocenters. The smallest absolute Gasteiger partial charge is 0.309 e. The van der Waals surface area contributed by atoms with Gasteiger partial charge in [0.25, 0.3) is 0 Å². The molecule has 0 aromatic heterocycles. The Morgan fingerprint density at radius 1 is 1.10 bits per heavy atom. The highest BCUT2D eigenvalue weighted by Crippen LogP contribution is 2.22. The van der Waals surface area contributed by atoms with E-state index in [1.165, 1.54) is 0 Å². The third-order valence-electron chi connectivity index (χ3n) is 3.15. The van der Waals surface area contributed by atoms with Crippen molar-refractivity contribution in [2.24, 2.45) is 0 Å². The van der Waals surface area contributed by atoms with Gasteiger partial charge < -0.3 is 15.7 Å². The normalized spacial score (nSPS) is 12.0. The maximum Gasteiger partial charge on any atom is 0.309 e. The lowest BCUT2D eigenvalue weighted by molar-refractivity contribution is -0.139. The third-order valence-corrected chi connectivity index (χ3v) is 3.15. The van der Waals surface area contributed by atoms with Crippen LogP contribution in [0.2, 0.25) is 0 Å². The fraction of sp³-hybridized carbons (Fsp3) is 0.500. The molecular formula is C16H24N2O3. The molecule has 0 bridgehead atoms. The Labute approximate surface area is 125 Å². The minimum absolute atomic E-state index is 0.0605. The van der Waals surface area contributed by atoms with Gasteiger partial charge in [0.15, 0.2) is 0 Å². The Morgan fingerprint density at radius 2 is 1.76 bits per heavy atom. The number of hydrogen-bond acceptors (Lipinski definition) is 3. The average molecular weight is 292 g/mol.